The number of nitrogens with one attached hydrogen (secondary N) is 1. The van der Waals surface area contributed by atoms with Gasteiger partial charge in [-0.1, -0.05) is 18.9 Å². The predicted octanol–water partition coefficient (Wildman–Crippen LogP) is 3.45. The summed E-state index contributed by atoms with van der Waals surface area (Å²) in [7, 11) is 1.39. The molecule has 0 saturated carbocycles. The van der Waals surface area contributed by atoms with Gasteiger partial charge in [0.2, 0.25) is 5.91 Å². The highest BCUT2D eigenvalue weighted by Gasteiger charge is 2.09. The molecule has 0 radical (unpaired) electrons. The maximum atomic E-state index is 11.8. The molecule has 0 aliphatic rings. The second-order valence-electron chi connectivity index (χ2n) is 5.82. The van der Waals surface area contributed by atoms with Gasteiger partial charge in [0.1, 0.15) is 0 Å². The lowest BCUT2D eigenvalue weighted by Crippen LogP contribution is -2.17. The molecule has 7 nitrogen and oxygen atoms in total. The number of methoxy groups -OCH3 is 1. The maximum absolute atomic E-state index is 11.8. The third-order valence-electron chi connectivity index (χ3n) is 3.75. The highest BCUT2D eigenvalue weighted by Crippen LogP contribution is 2.30. The predicted molar refractivity (Wildman–Crippen MR) is 104 cm³/mol. The van der Waals surface area contributed by atoms with Crippen LogP contribution < -0.4 is 14.9 Å². The van der Waals surface area contributed by atoms with Crippen LogP contribution in [0.15, 0.2) is 23.3 Å². The molecule has 7 heteroatoms. The van der Waals surface area contributed by atoms with E-state index in [4.69, 9.17) is 9.47 Å². The SMILES string of the molecule is CCOc1cccc(/C=N/NC(=O)CCCCCCC(=O)OC)c1OCC. The van der Waals surface area contributed by atoms with E-state index >= 15 is 0 Å². The van der Waals surface area contributed by atoms with Crippen LogP contribution in [0.3, 0.4) is 0 Å². The second kappa shape index (κ2) is 13.6. The number of carbonyl (C=O) groups is 2. The summed E-state index contributed by atoms with van der Waals surface area (Å²) in [4.78, 5) is 22.8. The van der Waals surface area contributed by atoms with Crippen LogP contribution in [0.2, 0.25) is 0 Å². The van der Waals surface area contributed by atoms with Crippen LogP contribution in [0.4, 0.5) is 0 Å². The van der Waals surface area contributed by atoms with E-state index in [1.54, 1.807) is 6.21 Å². The molecule has 0 aromatic heterocycles. The minimum absolute atomic E-state index is 0.141. The first-order chi connectivity index (χ1) is 13.1. The Morgan fingerprint density at radius 3 is 2.41 bits per heavy atom. The number of hydrogen-bond donors (Lipinski definition) is 1. The summed E-state index contributed by atoms with van der Waals surface area (Å²) in [6.07, 6.45) is 5.70. The van der Waals surface area contributed by atoms with E-state index in [0.717, 1.165) is 31.2 Å². The first-order valence-corrected chi connectivity index (χ1v) is 9.39. The Morgan fingerprint density at radius 1 is 1.04 bits per heavy atom. The smallest absolute Gasteiger partial charge is 0.305 e. The standard InChI is InChI=1S/C20H30N2O5/c1-4-26-17-12-10-11-16(20(17)27-5-2)15-21-22-18(23)13-8-6-7-9-14-19(24)25-3/h10-12,15H,4-9,13-14H2,1-3H3,(H,22,23)/b21-15+. The molecular formula is C20H30N2O5. The van der Waals surface area contributed by atoms with Crippen molar-refractivity contribution in [2.45, 2.75) is 52.4 Å². The van der Waals surface area contributed by atoms with Crippen molar-refractivity contribution >= 4 is 18.1 Å². The molecule has 1 N–H and O–H groups in total. The molecule has 1 rings (SSSR count). The monoisotopic (exact) mass is 378 g/mol. The Hall–Kier alpha value is -2.57. The van der Waals surface area contributed by atoms with Crippen LogP contribution in [0.25, 0.3) is 0 Å². The average molecular weight is 378 g/mol. The van der Waals surface area contributed by atoms with Gasteiger partial charge in [-0.25, -0.2) is 5.43 Å². The van der Waals surface area contributed by atoms with Crippen LogP contribution in [-0.4, -0.2) is 38.4 Å². The van der Waals surface area contributed by atoms with Crippen molar-refractivity contribution in [1.82, 2.24) is 5.43 Å². The quantitative estimate of drug-likeness (QED) is 0.246. The molecule has 0 aliphatic carbocycles. The Morgan fingerprint density at radius 2 is 1.74 bits per heavy atom. The molecular weight excluding hydrogens is 348 g/mol. The zero-order chi connectivity index (χ0) is 19.9. The van der Waals surface area contributed by atoms with E-state index in [9.17, 15) is 9.59 Å². The van der Waals surface area contributed by atoms with Gasteiger partial charge in [0.25, 0.3) is 0 Å². The van der Waals surface area contributed by atoms with Gasteiger partial charge >= 0.3 is 5.97 Å². The minimum atomic E-state index is -0.193. The van der Waals surface area contributed by atoms with E-state index < -0.39 is 0 Å². The third kappa shape index (κ3) is 9.08. The fourth-order valence-corrected chi connectivity index (χ4v) is 2.44. The number of rotatable bonds is 13. The Kier molecular flexibility index (Phi) is 11.3. The molecule has 0 bridgehead atoms. The molecule has 0 aliphatic heterocycles. The lowest BCUT2D eigenvalue weighted by molar-refractivity contribution is -0.140. The van der Waals surface area contributed by atoms with Crippen molar-refractivity contribution in [3.63, 3.8) is 0 Å². The van der Waals surface area contributed by atoms with E-state index in [0.29, 0.717) is 37.6 Å². The van der Waals surface area contributed by atoms with E-state index in [2.05, 4.69) is 15.3 Å². The highest BCUT2D eigenvalue weighted by molar-refractivity contribution is 5.86. The number of nitrogens with zero attached hydrogens (tertiary/aromatic N) is 1. The van der Waals surface area contributed by atoms with E-state index in [1.165, 1.54) is 7.11 Å². The molecule has 1 aromatic rings. The first-order valence-electron chi connectivity index (χ1n) is 9.39. The van der Waals surface area contributed by atoms with Crippen LogP contribution in [0.5, 0.6) is 11.5 Å². The number of carbonyl (C=O) groups excluding carboxylic acids is 2. The number of esters is 1. The Balaban J connectivity index is 2.39. The Bertz CT molecular complexity index is 616. The Labute approximate surface area is 161 Å². The topological polar surface area (TPSA) is 86.2 Å². The normalized spacial score (nSPS) is 10.6. The summed E-state index contributed by atoms with van der Waals surface area (Å²) in [6, 6.07) is 5.54. The van der Waals surface area contributed by atoms with Crippen LogP contribution in [0, 0.1) is 0 Å². The van der Waals surface area contributed by atoms with Crippen LogP contribution >= 0.6 is 0 Å². The fraction of sp³-hybridized carbons (Fsp3) is 0.550. The molecule has 0 fully saturated rings. The number of para-hydroxylation sites is 1. The van der Waals surface area contributed by atoms with Crippen molar-refractivity contribution in [3.05, 3.63) is 23.8 Å². The van der Waals surface area contributed by atoms with Crippen molar-refractivity contribution in [1.29, 1.82) is 0 Å². The number of benzene rings is 1. The van der Waals surface area contributed by atoms with E-state index in [-0.39, 0.29) is 11.9 Å². The average Bonchev–Trinajstić information content (AvgIpc) is 2.66. The van der Waals surface area contributed by atoms with Crippen molar-refractivity contribution < 1.29 is 23.8 Å². The van der Waals surface area contributed by atoms with Crippen molar-refractivity contribution in [2.75, 3.05) is 20.3 Å². The van der Waals surface area contributed by atoms with Gasteiger partial charge < -0.3 is 14.2 Å². The number of unbranched alkanes of at least 4 members (excludes halogenated alkanes) is 3. The molecule has 0 unspecified atom stereocenters. The summed E-state index contributed by atoms with van der Waals surface area (Å²) >= 11 is 0. The van der Waals surface area contributed by atoms with Gasteiger partial charge in [-0.2, -0.15) is 5.10 Å². The molecule has 0 atom stereocenters. The lowest BCUT2D eigenvalue weighted by atomic mass is 10.1. The molecule has 1 amide bonds. The first kappa shape index (κ1) is 22.5. The fourth-order valence-electron chi connectivity index (χ4n) is 2.44. The lowest BCUT2D eigenvalue weighted by Gasteiger charge is -2.12. The van der Waals surface area contributed by atoms with Gasteiger partial charge in [0, 0.05) is 18.4 Å². The number of ether oxygens (including phenoxy) is 3. The van der Waals surface area contributed by atoms with Crippen LogP contribution in [-0.2, 0) is 14.3 Å². The summed E-state index contributed by atoms with van der Waals surface area (Å²) in [6.45, 7) is 4.85. The molecule has 0 spiro atoms. The minimum Gasteiger partial charge on any atom is -0.490 e. The number of hydrazone groups is 1. The molecule has 0 saturated heterocycles. The number of hydrogen-bond acceptors (Lipinski definition) is 6. The summed E-state index contributed by atoms with van der Waals surface area (Å²) in [5.74, 6) is 0.937. The highest BCUT2D eigenvalue weighted by atomic mass is 16.5. The molecule has 0 heterocycles. The third-order valence-corrected chi connectivity index (χ3v) is 3.75. The van der Waals surface area contributed by atoms with Gasteiger partial charge in [0.15, 0.2) is 11.5 Å². The molecule has 1 aromatic carbocycles. The van der Waals surface area contributed by atoms with Gasteiger partial charge in [-0.3, -0.25) is 9.59 Å². The van der Waals surface area contributed by atoms with Crippen molar-refractivity contribution in [2.24, 2.45) is 5.10 Å². The molecule has 27 heavy (non-hydrogen) atoms. The maximum Gasteiger partial charge on any atom is 0.305 e. The van der Waals surface area contributed by atoms with E-state index in [1.807, 2.05) is 32.0 Å². The van der Waals surface area contributed by atoms with Gasteiger partial charge in [-0.05, 0) is 38.8 Å². The van der Waals surface area contributed by atoms with Crippen LogP contribution in [0.1, 0.15) is 57.9 Å². The van der Waals surface area contributed by atoms with Gasteiger partial charge in [-0.15, -0.1) is 0 Å². The van der Waals surface area contributed by atoms with Crippen molar-refractivity contribution in [3.8, 4) is 11.5 Å². The largest absolute Gasteiger partial charge is 0.490 e. The second-order valence-corrected chi connectivity index (χ2v) is 5.82. The summed E-state index contributed by atoms with van der Waals surface area (Å²) in [5, 5.41) is 4.01. The summed E-state index contributed by atoms with van der Waals surface area (Å²) < 4.78 is 15.8. The van der Waals surface area contributed by atoms with Gasteiger partial charge in [0.05, 0.1) is 26.5 Å². The zero-order valence-electron chi connectivity index (χ0n) is 16.5. The molecule has 150 valence electrons. The summed E-state index contributed by atoms with van der Waals surface area (Å²) in [5.41, 5.74) is 3.27. The number of amides is 1. The zero-order valence-corrected chi connectivity index (χ0v) is 16.5.